The maximum Gasteiger partial charge on any atom is 0.243 e. The molecule has 0 aliphatic rings. The normalized spacial score (nSPS) is 12.5. The van der Waals surface area contributed by atoms with Gasteiger partial charge in [0.05, 0.1) is 11.4 Å². The molecule has 0 spiro atoms. The van der Waals surface area contributed by atoms with Crippen molar-refractivity contribution in [3.05, 3.63) is 76.3 Å². The molecule has 0 aliphatic carbocycles. The Bertz CT molecular complexity index is 1350. The second-order valence-electron chi connectivity index (χ2n) is 8.07. The smallest absolute Gasteiger partial charge is 0.243 e. The monoisotopic (exact) mass is 535 g/mol. The van der Waals surface area contributed by atoms with Crippen molar-refractivity contribution in [1.82, 2.24) is 14.5 Å². The minimum absolute atomic E-state index is 0.0185. The number of rotatable bonds is 9. The van der Waals surface area contributed by atoms with Crippen LogP contribution in [0, 0.1) is 0 Å². The fraction of sp³-hybridized carbons (Fsp3) is 0.280. The van der Waals surface area contributed by atoms with E-state index in [0.29, 0.717) is 22.0 Å². The molecule has 0 bridgehead atoms. The summed E-state index contributed by atoms with van der Waals surface area (Å²) in [6, 6.07) is 16.3. The lowest BCUT2D eigenvalue weighted by atomic mass is 10.1. The second-order valence-corrected chi connectivity index (χ2v) is 11.0. The van der Waals surface area contributed by atoms with Crippen molar-refractivity contribution in [3.63, 3.8) is 0 Å². The SMILES string of the molecule is CC[C@H](C(=O)NC)N(Cc1ccc(Cl)cc1Cl)C(=O)CN(C)S(=O)(=O)c1ccc2ccccc2c1. The number of benzene rings is 3. The molecule has 186 valence electrons. The number of carbonyl (C=O) groups is 2. The summed E-state index contributed by atoms with van der Waals surface area (Å²) in [5.41, 5.74) is 0.590. The van der Waals surface area contributed by atoms with Crippen molar-refractivity contribution in [1.29, 1.82) is 0 Å². The molecular formula is C25H27Cl2N3O4S. The van der Waals surface area contributed by atoms with Crippen molar-refractivity contribution in [2.75, 3.05) is 20.6 Å². The predicted molar refractivity (Wildman–Crippen MR) is 139 cm³/mol. The number of amides is 2. The molecule has 3 aromatic carbocycles. The van der Waals surface area contributed by atoms with Crippen LogP contribution in [-0.4, -0.2) is 56.1 Å². The summed E-state index contributed by atoms with van der Waals surface area (Å²) in [7, 11) is -1.13. The van der Waals surface area contributed by atoms with Crippen LogP contribution in [0.3, 0.4) is 0 Å². The summed E-state index contributed by atoms with van der Waals surface area (Å²) < 4.78 is 27.5. The van der Waals surface area contributed by atoms with Gasteiger partial charge < -0.3 is 10.2 Å². The van der Waals surface area contributed by atoms with Gasteiger partial charge in [0.2, 0.25) is 21.8 Å². The van der Waals surface area contributed by atoms with Gasteiger partial charge in [-0.05, 0) is 47.0 Å². The van der Waals surface area contributed by atoms with Gasteiger partial charge in [0.25, 0.3) is 0 Å². The molecular weight excluding hydrogens is 509 g/mol. The van der Waals surface area contributed by atoms with Crippen LogP contribution in [0.5, 0.6) is 0 Å². The van der Waals surface area contributed by atoms with Crippen LogP contribution >= 0.6 is 23.2 Å². The van der Waals surface area contributed by atoms with E-state index in [1.54, 1.807) is 37.3 Å². The van der Waals surface area contributed by atoms with Crippen LogP contribution in [0.1, 0.15) is 18.9 Å². The first-order valence-electron chi connectivity index (χ1n) is 11.0. The fourth-order valence-electron chi connectivity index (χ4n) is 3.79. The Hall–Kier alpha value is -2.65. The van der Waals surface area contributed by atoms with Gasteiger partial charge in [-0.3, -0.25) is 9.59 Å². The Kier molecular flexibility index (Phi) is 8.77. The van der Waals surface area contributed by atoms with Crippen LogP contribution in [0.25, 0.3) is 10.8 Å². The van der Waals surface area contributed by atoms with Gasteiger partial charge in [-0.15, -0.1) is 0 Å². The van der Waals surface area contributed by atoms with Crippen molar-refractivity contribution in [3.8, 4) is 0 Å². The molecule has 0 aliphatic heterocycles. The van der Waals surface area contributed by atoms with Gasteiger partial charge in [0.15, 0.2) is 0 Å². The van der Waals surface area contributed by atoms with Gasteiger partial charge in [0.1, 0.15) is 6.04 Å². The molecule has 0 saturated heterocycles. The van der Waals surface area contributed by atoms with Crippen LogP contribution in [0.15, 0.2) is 65.6 Å². The number of sulfonamides is 1. The van der Waals surface area contributed by atoms with Crippen molar-refractivity contribution >= 4 is 55.8 Å². The number of likely N-dealkylation sites (N-methyl/N-ethyl adjacent to an activating group) is 2. The van der Waals surface area contributed by atoms with E-state index in [-0.39, 0.29) is 17.3 Å². The van der Waals surface area contributed by atoms with E-state index >= 15 is 0 Å². The van der Waals surface area contributed by atoms with Gasteiger partial charge in [-0.2, -0.15) is 4.31 Å². The highest BCUT2D eigenvalue weighted by Gasteiger charge is 2.31. The van der Waals surface area contributed by atoms with Gasteiger partial charge in [0, 0.05) is 30.7 Å². The molecule has 1 N–H and O–H groups in total. The zero-order chi connectivity index (χ0) is 25.8. The lowest BCUT2D eigenvalue weighted by Crippen LogP contribution is -2.51. The Morgan fingerprint density at radius 1 is 1.00 bits per heavy atom. The molecule has 0 fully saturated rings. The van der Waals surface area contributed by atoms with Crippen molar-refractivity contribution in [2.45, 2.75) is 30.8 Å². The van der Waals surface area contributed by atoms with Crippen molar-refractivity contribution < 1.29 is 18.0 Å². The summed E-state index contributed by atoms with van der Waals surface area (Å²) in [5.74, 6) is -0.885. The number of nitrogens with one attached hydrogen (secondary N) is 1. The summed E-state index contributed by atoms with van der Waals surface area (Å²) in [6.07, 6.45) is 0.331. The van der Waals surface area contributed by atoms with Gasteiger partial charge >= 0.3 is 0 Å². The first kappa shape index (κ1) is 26.9. The molecule has 0 radical (unpaired) electrons. The lowest BCUT2D eigenvalue weighted by Gasteiger charge is -2.31. The molecule has 3 aromatic rings. The third kappa shape index (κ3) is 6.13. The summed E-state index contributed by atoms with van der Waals surface area (Å²) >= 11 is 12.3. The van der Waals surface area contributed by atoms with E-state index in [1.165, 1.54) is 25.1 Å². The highest BCUT2D eigenvalue weighted by molar-refractivity contribution is 7.89. The maximum atomic E-state index is 13.4. The van der Waals surface area contributed by atoms with Crippen molar-refractivity contribution in [2.24, 2.45) is 0 Å². The van der Waals surface area contributed by atoms with Gasteiger partial charge in [-0.1, -0.05) is 66.5 Å². The van der Waals surface area contributed by atoms with E-state index in [2.05, 4.69) is 5.32 Å². The minimum Gasteiger partial charge on any atom is -0.357 e. The lowest BCUT2D eigenvalue weighted by molar-refractivity contribution is -0.141. The van der Waals surface area contributed by atoms with E-state index in [1.807, 2.05) is 24.3 Å². The quantitative estimate of drug-likeness (QED) is 0.442. The predicted octanol–water partition coefficient (Wildman–Crippen LogP) is 4.32. The molecule has 7 nitrogen and oxygen atoms in total. The number of fused-ring (bicyclic) bond motifs is 1. The zero-order valence-electron chi connectivity index (χ0n) is 19.7. The van der Waals surface area contributed by atoms with E-state index in [9.17, 15) is 18.0 Å². The minimum atomic E-state index is -3.96. The maximum absolute atomic E-state index is 13.4. The third-order valence-corrected chi connectivity index (χ3v) is 8.16. The Labute approximate surface area is 215 Å². The Balaban J connectivity index is 1.90. The summed E-state index contributed by atoms with van der Waals surface area (Å²) in [6.45, 7) is 1.34. The third-order valence-electron chi connectivity index (χ3n) is 5.78. The molecule has 0 saturated carbocycles. The molecule has 35 heavy (non-hydrogen) atoms. The first-order valence-corrected chi connectivity index (χ1v) is 13.2. The number of carbonyl (C=O) groups excluding carboxylic acids is 2. The topological polar surface area (TPSA) is 86.8 Å². The molecule has 0 unspecified atom stereocenters. The van der Waals surface area contributed by atoms with E-state index in [0.717, 1.165) is 15.1 Å². The molecule has 0 heterocycles. The molecule has 3 rings (SSSR count). The first-order chi connectivity index (χ1) is 16.6. The number of nitrogens with zero attached hydrogens (tertiary/aromatic N) is 2. The molecule has 10 heteroatoms. The molecule has 1 atom stereocenters. The van der Waals surface area contributed by atoms with Gasteiger partial charge in [-0.25, -0.2) is 8.42 Å². The highest BCUT2D eigenvalue weighted by Crippen LogP contribution is 2.25. The standard InChI is InChI=1S/C25H27Cl2N3O4S/c1-4-23(25(32)28-2)30(15-19-9-11-20(26)14-22(19)27)24(31)16-29(3)35(33,34)21-12-10-17-7-5-6-8-18(17)13-21/h5-14,23H,4,15-16H2,1-3H3,(H,28,32)/t23-/m1/s1. The highest BCUT2D eigenvalue weighted by atomic mass is 35.5. The van der Waals surface area contributed by atoms with E-state index < -0.39 is 28.5 Å². The molecule has 0 aromatic heterocycles. The number of hydrogen-bond acceptors (Lipinski definition) is 4. The van der Waals surface area contributed by atoms with Crippen LogP contribution in [0.2, 0.25) is 10.0 Å². The second kappa shape index (κ2) is 11.4. The zero-order valence-corrected chi connectivity index (χ0v) is 22.0. The number of hydrogen-bond donors (Lipinski definition) is 1. The van der Waals surface area contributed by atoms with Crippen LogP contribution < -0.4 is 5.32 Å². The molecule has 2 amide bonds. The Morgan fingerprint density at radius 2 is 1.69 bits per heavy atom. The van der Waals surface area contributed by atoms with Crippen LogP contribution in [-0.2, 0) is 26.2 Å². The largest absolute Gasteiger partial charge is 0.357 e. The summed E-state index contributed by atoms with van der Waals surface area (Å²) in [5, 5.41) is 5.04. The fourth-order valence-corrected chi connectivity index (χ4v) is 5.42. The van der Waals surface area contributed by atoms with Crippen LogP contribution in [0.4, 0.5) is 0 Å². The Morgan fingerprint density at radius 3 is 2.31 bits per heavy atom. The average Bonchev–Trinajstić information content (AvgIpc) is 2.84. The number of halogens is 2. The van der Waals surface area contributed by atoms with E-state index in [4.69, 9.17) is 23.2 Å². The average molecular weight is 536 g/mol. The summed E-state index contributed by atoms with van der Waals surface area (Å²) in [4.78, 5) is 27.4.